The minimum atomic E-state index is -0.431. The summed E-state index contributed by atoms with van der Waals surface area (Å²) < 4.78 is 14.5. The lowest BCUT2D eigenvalue weighted by atomic mass is 9.88. The number of rotatable bonds is 6. The summed E-state index contributed by atoms with van der Waals surface area (Å²) in [4.78, 5) is 18.7. The van der Waals surface area contributed by atoms with Gasteiger partial charge in [-0.15, -0.1) is 0 Å². The van der Waals surface area contributed by atoms with Gasteiger partial charge in [-0.1, -0.05) is 30.9 Å². The molecule has 2 N–H and O–H groups in total. The van der Waals surface area contributed by atoms with Crippen molar-refractivity contribution in [2.24, 2.45) is 11.8 Å². The molecule has 6 nitrogen and oxygen atoms in total. The average Bonchev–Trinajstić information content (AvgIpc) is 3.22. The van der Waals surface area contributed by atoms with Crippen LogP contribution in [0.3, 0.4) is 0 Å². The molecule has 32 heavy (non-hydrogen) atoms. The molecule has 1 saturated heterocycles. The van der Waals surface area contributed by atoms with Crippen molar-refractivity contribution in [2.45, 2.75) is 44.9 Å². The first-order valence-corrected chi connectivity index (χ1v) is 12.2. The Kier molecular flexibility index (Phi) is 6.55. The molecule has 0 radical (unpaired) electrons. The lowest BCUT2D eigenvalue weighted by Gasteiger charge is -2.36. The van der Waals surface area contributed by atoms with E-state index in [1.54, 1.807) is 12.4 Å². The quantitative estimate of drug-likeness (QED) is 0.511. The Morgan fingerprint density at radius 1 is 1.09 bits per heavy atom. The summed E-state index contributed by atoms with van der Waals surface area (Å²) in [7, 11) is 0. The van der Waals surface area contributed by atoms with Gasteiger partial charge < -0.3 is 15.2 Å². The molecule has 1 saturated carbocycles. The van der Waals surface area contributed by atoms with E-state index in [1.165, 1.54) is 64.2 Å². The molecular weight excluding hydrogens is 427 g/mol. The Hall–Kier alpha value is -2.25. The predicted molar refractivity (Wildman–Crippen MR) is 126 cm³/mol. The van der Waals surface area contributed by atoms with E-state index >= 15 is 0 Å². The Labute approximate surface area is 193 Å². The van der Waals surface area contributed by atoms with Crippen molar-refractivity contribution < 1.29 is 4.39 Å². The summed E-state index contributed by atoms with van der Waals surface area (Å²) in [5.74, 6) is 1.63. The second-order valence-corrected chi connectivity index (χ2v) is 9.73. The SMILES string of the molecule is Fc1cnc(-c2c[nH]c3ncc(Cl)cc23)nc1NC[C@@H]1CCCN(CC2CCCCC2)C1. The second-order valence-electron chi connectivity index (χ2n) is 9.29. The summed E-state index contributed by atoms with van der Waals surface area (Å²) in [5.41, 5.74) is 1.46. The van der Waals surface area contributed by atoms with Gasteiger partial charge in [-0.05, 0) is 50.1 Å². The van der Waals surface area contributed by atoms with Crippen molar-refractivity contribution in [3.63, 3.8) is 0 Å². The van der Waals surface area contributed by atoms with Crippen LogP contribution in [0.25, 0.3) is 22.4 Å². The number of hydrogen-bond donors (Lipinski definition) is 2. The van der Waals surface area contributed by atoms with Gasteiger partial charge in [-0.3, -0.25) is 0 Å². The first-order chi connectivity index (χ1) is 15.7. The van der Waals surface area contributed by atoms with Crippen molar-refractivity contribution >= 4 is 28.5 Å². The van der Waals surface area contributed by atoms with Crippen LogP contribution in [-0.2, 0) is 0 Å². The first-order valence-electron chi connectivity index (χ1n) is 11.8. The zero-order chi connectivity index (χ0) is 21.9. The molecule has 0 spiro atoms. The van der Waals surface area contributed by atoms with Crippen molar-refractivity contribution in [3.05, 3.63) is 35.5 Å². The summed E-state index contributed by atoms with van der Waals surface area (Å²) >= 11 is 6.11. The van der Waals surface area contributed by atoms with E-state index in [-0.39, 0.29) is 5.82 Å². The van der Waals surface area contributed by atoms with Crippen molar-refractivity contribution in [1.82, 2.24) is 24.8 Å². The van der Waals surface area contributed by atoms with Gasteiger partial charge in [-0.25, -0.2) is 19.3 Å². The number of pyridine rings is 1. The number of nitrogens with zero attached hydrogens (tertiary/aromatic N) is 4. The smallest absolute Gasteiger partial charge is 0.183 e. The topological polar surface area (TPSA) is 69.7 Å². The number of likely N-dealkylation sites (tertiary alicyclic amines) is 1. The molecule has 170 valence electrons. The minimum Gasteiger partial charge on any atom is -0.367 e. The molecule has 2 aliphatic rings. The Bertz CT molecular complexity index is 1060. The van der Waals surface area contributed by atoms with E-state index < -0.39 is 5.82 Å². The van der Waals surface area contributed by atoms with Crippen molar-refractivity contribution in [1.29, 1.82) is 0 Å². The summed E-state index contributed by atoms with van der Waals surface area (Å²) in [6, 6.07) is 1.82. The van der Waals surface area contributed by atoms with Crippen LogP contribution in [0.5, 0.6) is 0 Å². The van der Waals surface area contributed by atoms with E-state index in [9.17, 15) is 4.39 Å². The number of anilines is 1. The maximum absolute atomic E-state index is 14.5. The lowest BCUT2D eigenvalue weighted by molar-refractivity contribution is 0.142. The third kappa shape index (κ3) is 4.89. The molecule has 1 aliphatic carbocycles. The molecule has 0 amide bonds. The predicted octanol–water partition coefficient (Wildman–Crippen LogP) is 5.52. The second kappa shape index (κ2) is 9.71. The number of hydrogen-bond acceptors (Lipinski definition) is 5. The van der Waals surface area contributed by atoms with Crippen molar-refractivity contribution in [2.75, 3.05) is 31.5 Å². The average molecular weight is 457 g/mol. The van der Waals surface area contributed by atoms with Gasteiger partial charge in [0.2, 0.25) is 0 Å². The number of fused-ring (bicyclic) bond motifs is 1. The zero-order valence-corrected chi connectivity index (χ0v) is 19.0. The highest BCUT2D eigenvalue weighted by atomic mass is 35.5. The molecule has 1 aliphatic heterocycles. The number of H-pyrrole nitrogens is 1. The minimum absolute atomic E-state index is 0.253. The number of nitrogens with one attached hydrogen (secondary N) is 2. The van der Waals surface area contributed by atoms with Crippen LogP contribution in [0, 0.1) is 17.7 Å². The normalized spacial score (nSPS) is 20.6. The van der Waals surface area contributed by atoms with Crippen LogP contribution in [0.1, 0.15) is 44.9 Å². The highest BCUT2D eigenvalue weighted by molar-refractivity contribution is 6.31. The molecule has 0 bridgehead atoms. The number of piperidine rings is 1. The molecule has 8 heteroatoms. The molecule has 4 heterocycles. The standard InChI is InChI=1S/C24H30ClFN6/c25-18-9-19-20(12-29-22(19)28-11-18)23-30-13-21(26)24(31-23)27-10-17-7-4-8-32(15-17)14-16-5-2-1-3-6-16/h9,11-13,16-17H,1-8,10,14-15H2,(H,28,29)(H,27,30,31)/t17-/m0/s1. The molecule has 3 aromatic rings. The van der Waals surface area contributed by atoms with E-state index in [4.69, 9.17) is 11.6 Å². The molecule has 1 atom stereocenters. The molecule has 2 fully saturated rings. The van der Waals surface area contributed by atoms with E-state index in [1.807, 2.05) is 6.07 Å². The van der Waals surface area contributed by atoms with Gasteiger partial charge in [0.05, 0.1) is 11.2 Å². The molecular formula is C24H30ClFN6. The monoisotopic (exact) mass is 456 g/mol. The van der Waals surface area contributed by atoms with Crippen LogP contribution in [0.4, 0.5) is 10.2 Å². The third-order valence-corrected chi connectivity index (χ3v) is 7.09. The molecule has 0 unspecified atom stereocenters. The van der Waals surface area contributed by atoms with Gasteiger partial charge in [0, 0.05) is 43.0 Å². The number of aromatic nitrogens is 4. The largest absolute Gasteiger partial charge is 0.367 e. The first kappa shape index (κ1) is 21.6. The fourth-order valence-corrected chi connectivity index (χ4v) is 5.40. The van der Waals surface area contributed by atoms with E-state index in [2.05, 4.69) is 30.2 Å². The highest BCUT2D eigenvalue weighted by Crippen LogP contribution is 2.29. The number of halogens is 2. The highest BCUT2D eigenvalue weighted by Gasteiger charge is 2.24. The van der Waals surface area contributed by atoms with Crippen LogP contribution >= 0.6 is 11.6 Å². The maximum atomic E-state index is 14.5. The molecule has 0 aromatic carbocycles. The van der Waals surface area contributed by atoms with Crippen LogP contribution < -0.4 is 5.32 Å². The third-order valence-electron chi connectivity index (χ3n) is 6.89. The van der Waals surface area contributed by atoms with Crippen LogP contribution in [0.2, 0.25) is 5.02 Å². The zero-order valence-electron chi connectivity index (χ0n) is 18.3. The van der Waals surface area contributed by atoms with E-state index in [0.717, 1.165) is 30.0 Å². The Morgan fingerprint density at radius 3 is 2.81 bits per heavy atom. The number of aromatic amines is 1. The van der Waals surface area contributed by atoms with Crippen LogP contribution in [0.15, 0.2) is 24.7 Å². The summed E-state index contributed by atoms with van der Waals surface area (Å²) in [6.45, 7) is 4.21. The van der Waals surface area contributed by atoms with Gasteiger partial charge in [0.1, 0.15) is 5.65 Å². The van der Waals surface area contributed by atoms with Gasteiger partial charge >= 0.3 is 0 Å². The van der Waals surface area contributed by atoms with E-state index in [0.29, 0.717) is 22.4 Å². The Balaban J connectivity index is 1.25. The lowest BCUT2D eigenvalue weighted by Crippen LogP contribution is -2.41. The Morgan fingerprint density at radius 2 is 1.94 bits per heavy atom. The van der Waals surface area contributed by atoms with Gasteiger partial charge in [-0.2, -0.15) is 0 Å². The van der Waals surface area contributed by atoms with Crippen LogP contribution in [-0.4, -0.2) is 51.0 Å². The maximum Gasteiger partial charge on any atom is 0.183 e. The summed E-state index contributed by atoms with van der Waals surface area (Å²) in [6.07, 6.45) is 13.9. The van der Waals surface area contributed by atoms with Gasteiger partial charge in [0.15, 0.2) is 17.5 Å². The van der Waals surface area contributed by atoms with Crippen molar-refractivity contribution in [3.8, 4) is 11.4 Å². The molecule has 3 aromatic heterocycles. The van der Waals surface area contributed by atoms with Gasteiger partial charge in [0.25, 0.3) is 0 Å². The summed E-state index contributed by atoms with van der Waals surface area (Å²) in [5, 5.41) is 4.62. The fraction of sp³-hybridized carbons (Fsp3) is 0.542. The molecule has 5 rings (SSSR count). The fourth-order valence-electron chi connectivity index (χ4n) is 5.24.